The molecule has 0 unspecified atom stereocenters. The Labute approximate surface area is 184 Å². The zero-order valence-electron chi connectivity index (χ0n) is 18.5. The highest BCUT2D eigenvalue weighted by Gasteiger charge is 2.22. The van der Waals surface area contributed by atoms with Gasteiger partial charge in [-0.15, -0.1) is 11.3 Å². The van der Waals surface area contributed by atoms with Gasteiger partial charge in [-0.2, -0.15) is 0 Å². The third-order valence-corrected chi connectivity index (χ3v) is 6.73. The van der Waals surface area contributed by atoms with Gasteiger partial charge in [0.25, 0.3) is 0 Å². The summed E-state index contributed by atoms with van der Waals surface area (Å²) in [6, 6.07) is 6.90. The van der Waals surface area contributed by atoms with Crippen LogP contribution in [0.4, 0.5) is 0 Å². The highest BCUT2D eigenvalue weighted by atomic mass is 32.1. The Bertz CT molecular complexity index is 878. The van der Waals surface area contributed by atoms with Crippen LogP contribution >= 0.6 is 11.3 Å². The number of rotatable bonds is 5. The number of nitrogens with zero attached hydrogens (tertiary/aromatic N) is 3. The molecule has 1 fully saturated rings. The Morgan fingerprint density at radius 1 is 1.07 bits per heavy atom. The lowest BCUT2D eigenvalue weighted by atomic mass is 9.90. The van der Waals surface area contributed by atoms with E-state index in [0.29, 0.717) is 6.54 Å². The van der Waals surface area contributed by atoms with Gasteiger partial charge in [0.2, 0.25) is 5.91 Å². The van der Waals surface area contributed by atoms with Crippen LogP contribution < -0.4 is 5.32 Å². The molecule has 2 aromatic rings. The van der Waals surface area contributed by atoms with Crippen LogP contribution in [0.25, 0.3) is 11.3 Å². The van der Waals surface area contributed by atoms with Crippen LogP contribution in [0.3, 0.4) is 0 Å². The zero-order chi connectivity index (χ0) is 21.1. The van der Waals surface area contributed by atoms with E-state index in [1.165, 1.54) is 47.4 Å². The van der Waals surface area contributed by atoms with Gasteiger partial charge >= 0.3 is 0 Å². The molecule has 0 saturated carbocycles. The molecule has 1 aliphatic carbocycles. The minimum absolute atomic E-state index is 0.116. The van der Waals surface area contributed by atoms with E-state index in [1.807, 2.05) is 20.8 Å². The molecule has 162 valence electrons. The molecular formula is C24H34N4OS. The monoisotopic (exact) mass is 426 g/mol. The van der Waals surface area contributed by atoms with Crippen molar-refractivity contribution in [3.8, 4) is 11.3 Å². The minimum Gasteiger partial charge on any atom is -0.350 e. The van der Waals surface area contributed by atoms with Crippen LogP contribution in [0.15, 0.2) is 23.6 Å². The molecule has 6 heteroatoms. The normalized spacial score (nSPS) is 18.2. The summed E-state index contributed by atoms with van der Waals surface area (Å²) in [7, 11) is 0. The van der Waals surface area contributed by atoms with Gasteiger partial charge in [-0.05, 0) is 63.6 Å². The largest absolute Gasteiger partial charge is 0.350 e. The number of piperazine rings is 1. The average molecular weight is 427 g/mol. The molecule has 1 amide bonds. The fraction of sp³-hybridized carbons (Fsp3) is 0.583. The molecule has 1 aliphatic heterocycles. The lowest BCUT2D eigenvalue weighted by molar-refractivity contribution is -0.124. The van der Waals surface area contributed by atoms with E-state index in [4.69, 9.17) is 4.98 Å². The van der Waals surface area contributed by atoms with Crippen LogP contribution in [-0.4, -0.2) is 59.0 Å². The number of thiazole rings is 1. The van der Waals surface area contributed by atoms with Gasteiger partial charge in [-0.1, -0.05) is 12.1 Å². The maximum Gasteiger partial charge on any atom is 0.234 e. The molecule has 0 spiro atoms. The van der Waals surface area contributed by atoms with Crippen LogP contribution in [0.2, 0.25) is 0 Å². The molecule has 2 heterocycles. The average Bonchev–Trinajstić information content (AvgIpc) is 3.16. The number of hydrogen-bond acceptors (Lipinski definition) is 5. The highest BCUT2D eigenvalue weighted by Crippen LogP contribution is 2.28. The predicted octanol–water partition coefficient (Wildman–Crippen LogP) is 3.72. The summed E-state index contributed by atoms with van der Waals surface area (Å²) in [4.78, 5) is 21.8. The predicted molar refractivity (Wildman–Crippen MR) is 124 cm³/mol. The standard InChI is InChI=1S/C24H34N4OS/c1-24(2,3)26-22(29)15-27-10-12-28(13-11-27)16-23-25-21(17-30-23)20-9-8-18-6-4-5-7-19(18)14-20/h8-9,14,17H,4-7,10-13,15-16H2,1-3H3,(H,26,29). The molecule has 1 saturated heterocycles. The van der Waals surface area contributed by atoms with E-state index in [1.54, 1.807) is 11.3 Å². The SMILES string of the molecule is CC(C)(C)NC(=O)CN1CCN(Cc2nc(-c3ccc4c(c3)CCCC4)cs2)CC1. The summed E-state index contributed by atoms with van der Waals surface area (Å²) < 4.78 is 0. The number of carbonyl (C=O) groups excluding carboxylic acids is 1. The molecule has 4 rings (SSSR count). The number of fused-ring (bicyclic) bond motifs is 1. The van der Waals surface area contributed by atoms with Crippen molar-refractivity contribution in [1.82, 2.24) is 20.1 Å². The number of aromatic nitrogens is 1. The Morgan fingerprint density at radius 3 is 2.50 bits per heavy atom. The number of nitrogens with one attached hydrogen (secondary N) is 1. The Balaban J connectivity index is 1.28. The summed E-state index contributed by atoms with van der Waals surface area (Å²) >= 11 is 1.76. The van der Waals surface area contributed by atoms with Crippen molar-refractivity contribution < 1.29 is 4.79 Å². The van der Waals surface area contributed by atoms with Gasteiger partial charge in [0.05, 0.1) is 18.8 Å². The van der Waals surface area contributed by atoms with E-state index in [2.05, 4.69) is 38.7 Å². The molecule has 0 radical (unpaired) electrons. The number of carbonyl (C=O) groups is 1. The van der Waals surface area contributed by atoms with Crippen molar-refractivity contribution >= 4 is 17.2 Å². The van der Waals surface area contributed by atoms with Crippen molar-refractivity contribution in [2.75, 3.05) is 32.7 Å². The van der Waals surface area contributed by atoms with Gasteiger partial charge < -0.3 is 5.32 Å². The van der Waals surface area contributed by atoms with Crippen LogP contribution in [-0.2, 0) is 24.2 Å². The maximum absolute atomic E-state index is 12.2. The smallest absolute Gasteiger partial charge is 0.234 e. The van der Waals surface area contributed by atoms with Gasteiger partial charge in [-0.25, -0.2) is 4.98 Å². The molecule has 2 aliphatic rings. The fourth-order valence-corrected chi connectivity index (χ4v) is 5.21. The molecule has 5 nitrogen and oxygen atoms in total. The number of hydrogen-bond donors (Lipinski definition) is 1. The van der Waals surface area contributed by atoms with E-state index in [-0.39, 0.29) is 11.4 Å². The van der Waals surface area contributed by atoms with Crippen LogP contribution in [0.5, 0.6) is 0 Å². The van der Waals surface area contributed by atoms with Crippen molar-refractivity contribution in [2.45, 2.75) is 58.5 Å². The summed E-state index contributed by atoms with van der Waals surface area (Å²) in [5, 5.41) is 6.44. The first-order valence-electron chi connectivity index (χ1n) is 11.2. The second-order valence-electron chi connectivity index (χ2n) is 9.67. The molecule has 0 atom stereocenters. The summed E-state index contributed by atoms with van der Waals surface area (Å²) in [6.45, 7) is 11.3. The van der Waals surface area contributed by atoms with Crippen LogP contribution in [0, 0.1) is 0 Å². The molecule has 0 bridgehead atoms. The maximum atomic E-state index is 12.2. The Kier molecular flexibility index (Phi) is 6.56. The number of aryl methyl sites for hydroxylation is 2. The first-order valence-corrected chi connectivity index (χ1v) is 12.1. The molecule has 30 heavy (non-hydrogen) atoms. The summed E-state index contributed by atoms with van der Waals surface area (Å²) in [5.74, 6) is 0.116. The van der Waals surface area contributed by atoms with E-state index in [9.17, 15) is 4.79 Å². The van der Waals surface area contributed by atoms with Gasteiger partial charge in [0.15, 0.2) is 0 Å². The summed E-state index contributed by atoms with van der Waals surface area (Å²) in [6.07, 6.45) is 5.06. The molecule has 1 N–H and O–H groups in total. The first-order chi connectivity index (χ1) is 14.4. The number of benzene rings is 1. The third-order valence-electron chi connectivity index (χ3n) is 5.90. The fourth-order valence-electron chi connectivity index (χ4n) is 4.37. The van der Waals surface area contributed by atoms with Crippen molar-refractivity contribution in [1.29, 1.82) is 0 Å². The van der Waals surface area contributed by atoms with E-state index >= 15 is 0 Å². The Morgan fingerprint density at radius 2 is 1.77 bits per heavy atom. The second kappa shape index (κ2) is 9.16. The first kappa shape index (κ1) is 21.5. The van der Waals surface area contributed by atoms with Crippen molar-refractivity contribution in [3.63, 3.8) is 0 Å². The van der Waals surface area contributed by atoms with Crippen LogP contribution in [0.1, 0.15) is 49.7 Å². The summed E-state index contributed by atoms with van der Waals surface area (Å²) in [5.41, 5.74) is 5.24. The van der Waals surface area contributed by atoms with Crippen molar-refractivity contribution in [3.05, 3.63) is 39.7 Å². The lowest BCUT2D eigenvalue weighted by Crippen LogP contribution is -2.51. The molecule has 1 aromatic heterocycles. The lowest BCUT2D eigenvalue weighted by Gasteiger charge is -2.34. The third kappa shape index (κ3) is 5.68. The zero-order valence-corrected chi connectivity index (χ0v) is 19.4. The highest BCUT2D eigenvalue weighted by molar-refractivity contribution is 7.09. The van der Waals surface area contributed by atoms with E-state index in [0.717, 1.165) is 38.4 Å². The van der Waals surface area contributed by atoms with Gasteiger partial charge in [0.1, 0.15) is 5.01 Å². The van der Waals surface area contributed by atoms with E-state index < -0.39 is 0 Å². The molecular weight excluding hydrogens is 392 g/mol. The minimum atomic E-state index is -0.167. The quantitative estimate of drug-likeness (QED) is 0.792. The van der Waals surface area contributed by atoms with Gasteiger partial charge in [-0.3, -0.25) is 14.6 Å². The van der Waals surface area contributed by atoms with Gasteiger partial charge in [0, 0.05) is 42.7 Å². The van der Waals surface area contributed by atoms with Crippen molar-refractivity contribution in [2.24, 2.45) is 0 Å². The molecule has 1 aromatic carbocycles. The Hall–Kier alpha value is -1.76. The number of amides is 1. The second-order valence-corrected chi connectivity index (χ2v) is 10.6. The topological polar surface area (TPSA) is 48.5 Å².